The number of hydrogen-bond donors (Lipinski definition) is 3. The molecule has 0 saturated heterocycles. The second-order valence-electron chi connectivity index (χ2n) is 4.13. The molecule has 2 heterocycles. The largest absolute Gasteiger partial charge is 0.480 e. The van der Waals surface area contributed by atoms with Gasteiger partial charge in [-0.1, -0.05) is 0 Å². The first-order chi connectivity index (χ1) is 10.1. The van der Waals surface area contributed by atoms with Gasteiger partial charge in [0.05, 0.1) is 0 Å². The van der Waals surface area contributed by atoms with Crippen molar-refractivity contribution in [2.24, 2.45) is 0 Å². The zero-order chi connectivity index (χ0) is 15.2. The summed E-state index contributed by atoms with van der Waals surface area (Å²) in [5.41, 5.74) is 0.801. The van der Waals surface area contributed by atoms with Crippen molar-refractivity contribution < 1.29 is 19.8 Å². The van der Waals surface area contributed by atoms with Crippen molar-refractivity contribution in [3.05, 3.63) is 16.8 Å². The Kier molecular flexibility index (Phi) is 4.95. The average Bonchev–Trinajstić information content (AvgIpc) is 3.08. The van der Waals surface area contributed by atoms with Crippen LogP contribution in [0.2, 0.25) is 0 Å². The molecule has 112 valence electrons. The summed E-state index contributed by atoms with van der Waals surface area (Å²) >= 11 is 1.49. The van der Waals surface area contributed by atoms with Crippen LogP contribution in [0.25, 0.3) is 11.4 Å². The fraction of sp³-hybridized carbons (Fsp3) is 0.364. The number of aromatic nitrogens is 4. The molecule has 0 radical (unpaired) electrons. The fourth-order valence-electron chi connectivity index (χ4n) is 1.57. The van der Waals surface area contributed by atoms with Crippen LogP contribution in [-0.2, 0) is 16.1 Å². The van der Waals surface area contributed by atoms with Gasteiger partial charge in [0, 0.05) is 24.0 Å². The number of nitrogens with zero attached hydrogens (tertiary/aromatic N) is 4. The molecule has 2 rings (SSSR count). The maximum absolute atomic E-state index is 11.7. The van der Waals surface area contributed by atoms with Crippen LogP contribution in [0.4, 0.5) is 0 Å². The second-order valence-corrected chi connectivity index (χ2v) is 4.91. The lowest BCUT2D eigenvalue weighted by atomic mass is 10.2. The summed E-state index contributed by atoms with van der Waals surface area (Å²) in [6.07, 6.45) is -0.0635. The number of hydrogen-bond acceptors (Lipinski definition) is 7. The number of carboxylic acids is 1. The summed E-state index contributed by atoms with van der Waals surface area (Å²) in [4.78, 5) is 23.7. The summed E-state index contributed by atoms with van der Waals surface area (Å²) in [5.74, 6) is -1.37. The van der Waals surface area contributed by atoms with Crippen LogP contribution in [0.15, 0.2) is 16.8 Å². The van der Waals surface area contributed by atoms with Gasteiger partial charge in [-0.3, -0.25) is 4.79 Å². The Labute approximate surface area is 123 Å². The molecule has 2 aromatic heterocycles. The number of rotatable bonds is 7. The highest BCUT2D eigenvalue weighted by atomic mass is 32.1. The predicted octanol–water partition coefficient (Wildman–Crippen LogP) is -0.647. The van der Waals surface area contributed by atoms with Crippen molar-refractivity contribution in [1.82, 2.24) is 25.5 Å². The zero-order valence-corrected chi connectivity index (χ0v) is 11.7. The molecule has 2 aromatic rings. The van der Waals surface area contributed by atoms with Crippen molar-refractivity contribution in [1.29, 1.82) is 0 Å². The van der Waals surface area contributed by atoms with E-state index >= 15 is 0 Å². The number of carboxylic acid groups (broad SMARTS) is 1. The standard InChI is InChI=1S/C11H13N5O4S/c17-3-1-8(11(19)20)12-9(18)5-16-14-10(13-15-16)7-2-4-21-6-7/h2,4,6,8,17H,1,3,5H2,(H,12,18)(H,19,20). The molecule has 0 spiro atoms. The Hall–Kier alpha value is -2.33. The molecule has 1 amide bonds. The van der Waals surface area contributed by atoms with Crippen LogP contribution in [0, 0.1) is 0 Å². The number of tetrazole rings is 1. The van der Waals surface area contributed by atoms with Crippen molar-refractivity contribution in [2.45, 2.75) is 19.0 Å². The van der Waals surface area contributed by atoms with Gasteiger partial charge in [0.15, 0.2) is 0 Å². The molecule has 0 aliphatic rings. The van der Waals surface area contributed by atoms with Gasteiger partial charge in [0.25, 0.3) is 0 Å². The topological polar surface area (TPSA) is 130 Å². The summed E-state index contributed by atoms with van der Waals surface area (Å²) in [6.45, 7) is -0.576. The average molecular weight is 311 g/mol. The Morgan fingerprint density at radius 2 is 2.29 bits per heavy atom. The van der Waals surface area contributed by atoms with Crippen molar-refractivity contribution in [3.63, 3.8) is 0 Å². The van der Waals surface area contributed by atoms with E-state index in [1.807, 2.05) is 16.8 Å². The first-order valence-electron chi connectivity index (χ1n) is 6.03. The van der Waals surface area contributed by atoms with Crippen LogP contribution >= 0.6 is 11.3 Å². The van der Waals surface area contributed by atoms with Crippen molar-refractivity contribution in [3.8, 4) is 11.4 Å². The Morgan fingerprint density at radius 3 is 2.90 bits per heavy atom. The van der Waals surface area contributed by atoms with E-state index in [1.165, 1.54) is 11.3 Å². The highest BCUT2D eigenvalue weighted by Gasteiger charge is 2.20. The lowest BCUT2D eigenvalue weighted by Gasteiger charge is -2.12. The Bertz CT molecular complexity index is 612. The van der Waals surface area contributed by atoms with E-state index in [-0.39, 0.29) is 19.6 Å². The van der Waals surface area contributed by atoms with E-state index in [1.54, 1.807) is 0 Å². The van der Waals surface area contributed by atoms with Gasteiger partial charge in [0.1, 0.15) is 12.6 Å². The van der Waals surface area contributed by atoms with Crippen molar-refractivity contribution in [2.75, 3.05) is 6.61 Å². The maximum Gasteiger partial charge on any atom is 0.326 e. The van der Waals surface area contributed by atoms with E-state index in [9.17, 15) is 9.59 Å². The number of carbonyl (C=O) groups excluding carboxylic acids is 1. The molecule has 10 heteroatoms. The van der Waals surface area contributed by atoms with Gasteiger partial charge < -0.3 is 15.5 Å². The molecule has 21 heavy (non-hydrogen) atoms. The van der Waals surface area contributed by atoms with E-state index in [0.717, 1.165) is 10.4 Å². The Morgan fingerprint density at radius 1 is 1.48 bits per heavy atom. The van der Waals surface area contributed by atoms with Crippen LogP contribution in [0.3, 0.4) is 0 Å². The monoisotopic (exact) mass is 311 g/mol. The van der Waals surface area contributed by atoms with Crippen LogP contribution in [-0.4, -0.2) is 54.9 Å². The first-order valence-corrected chi connectivity index (χ1v) is 6.98. The van der Waals surface area contributed by atoms with Gasteiger partial charge >= 0.3 is 5.97 Å². The van der Waals surface area contributed by atoms with E-state index in [4.69, 9.17) is 10.2 Å². The van der Waals surface area contributed by atoms with E-state index in [2.05, 4.69) is 20.7 Å². The third-order valence-corrected chi connectivity index (χ3v) is 3.25. The predicted molar refractivity (Wildman–Crippen MR) is 72.4 cm³/mol. The van der Waals surface area contributed by atoms with Crippen LogP contribution in [0.1, 0.15) is 6.42 Å². The number of amides is 1. The lowest BCUT2D eigenvalue weighted by Crippen LogP contribution is -2.43. The zero-order valence-electron chi connectivity index (χ0n) is 10.8. The molecule has 0 bridgehead atoms. The van der Waals surface area contributed by atoms with Gasteiger partial charge in [-0.05, 0) is 16.7 Å². The number of carbonyl (C=O) groups is 2. The molecule has 0 aliphatic carbocycles. The third-order valence-electron chi connectivity index (χ3n) is 2.57. The smallest absolute Gasteiger partial charge is 0.326 e. The fourth-order valence-corrected chi connectivity index (χ4v) is 2.21. The molecule has 1 atom stereocenters. The van der Waals surface area contributed by atoms with Crippen LogP contribution in [0.5, 0.6) is 0 Å². The minimum absolute atomic E-state index is 0.0635. The molecule has 3 N–H and O–H groups in total. The lowest BCUT2D eigenvalue weighted by molar-refractivity contribution is -0.142. The minimum Gasteiger partial charge on any atom is -0.480 e. The molecule has 9 nitrogen and oxygen atoms in total. The molecule has 0 fully saturated rings. The molecule has 1 unspecified atom stereocenters. The number of aliphatic hydroxyl groups excluding tert-OH is 1. The number of nitrogens with one attached hydrogen (secondary N) is 1. The summed E-state index contributed by atoms with van der Waals surface area (Å²) < 4.78 is 0. The number of thiophene rings is 1. The molecular formula is C11H13N5O4S. The van der Waals surface area contributed by atoms with Gasteiger partial charge in [-0.25, -0.2) is 4.79 Å². The number of aliphatic carboxylic acids is 1. The summed E-state index contributed by atoms with van der Waals surface area (Å²) in [6, 6.07) is 0.690. The minimum atomic E-state index is -1.21. The molecule has 0 aromatic carbocycles. The normalized spacial score (nSPS) is 12.0. The SMILES string of the molecule is O=C(Cn1nnc(-c2ccsc2)n1)NC(CCO)C(=O)O. The highest BCUT2D eigenvalue weighted by Crippen LogP contribution is 2.16. The Balaban J connectivity index is 1.95. The van der Waals surface area contributed by atoms with Crippen molar-refractivity contribution >= 4 is 23.2 Å². The maximum atomic E-state index is 11.7. The molecule has 0 saturated carbocycles. The third kappa shape index (κ3) is 4.07. The van der Waals surface area contributed by atoms with Gasteiger partial charge in [-0.2, -0.15) is 16.1 Å². The summed E-state index contributed by atoms with van der Waals surface area (Å²) in [7, 11) is 0. The summed E-state index contributed by atoms with van der Waals surface area (Å²) in [5, 5.41) is 35.2. The van der Waals surface area contributed by atoms with E-state index in [0.29, 0.717) is 5.82 Å². The second kappa shape index (κ2) is 6.90. The van der Waals surface area contributed by atoms with Crippen LogP contribution < -0.4 is 5.32 Å². The number of aliphatic hydroxyl groups is 1. The van der Waals surface area contributed by atoms with E-state index < -0.39 is 17.9 Å². The molecule has 0 aliphatic heterocycles. The molecular weight excluding hydrogens is 298 g/mol. The highest BCUT2D eigenvalue weighted by molar-refractivity contribution is 7.08. The van der Waals surface area contributed by atoms with Gasteiger partial charge in [0.2, 0.25) is 11.7 Å². The van der Waals surface area contributed by atoms with Gasteiger partial charge in [-0.15, -0.1) is 10.2 Å². The first kappa shape index (κ1) is 15.1. The quantitative estimate of drug-likeness (QED) is 0.619.